The fourth-order valence-corrected chi connectivity index (χ4v) is 4.18. The number of anilines is 1. The normalized spacial score (nSPS) is 11.0. The highest BCUT2D eigenvalue weighted by molar-refractivity contribution is 9.10. The van der Waals surface area contributed by atoms with Gasteiger partial charge in [0, 0.05) is 10.5 Å². The molecule has 1 heterocycles. The average Bonchev–Trinajstić information content (AvgIpc) is 3.12. The fraction of sp³-hybridized carbons (Fsp3) is 0.318. The Bertz CT molecular complexity index is 1040. The smallest absolute Gasteiger partial charge is 0.234 e. The van der Waals surface area contributed by atoms with Crippen LogP contribution in [-0.2, 0) is 11.4 Å². The minimum atomic E-state index is -0.0987. The highest BCUT2D eigenvalue weighted by Gasteiger charge is 2.17. The van der Waals surface area contributed by atoms with Gasteiger partial charge in [0.25, 0.3) is 0 Å². The zero-order valence-corrected chi connectivity index (χ0v) is 19.9. The molecule has 0 spiro atoms. The molecule has 0 aliphatic heterocycles. The number of carbonyl (C=O) groups is 1. The lowest BCUT2D eigenvalue weighted by molar-refractivity contribution is -0.113. The van der Waals surface area contributed by atoms with Gasteiger partial charge in [0.05, 0.1) is 11.4 Å². The zero-order chi connectivity index (χ0) is 21.7. The Morgan fingerprint density at radius 3 is 2.70 bits per heavy atom. The summed E-state index contributed by atoms with van der Waals surface area (Å²) in [5.41, 5.74) is 2.97. The molecule has 0 radical (unpaired) electrons. The van der Waals surface area contributed by atoms with E-state index in [2.05, 4.69) is 51.4 Å². The first-order chi connectivity index (χ1) is 14.3. The van der Waals surface area contributed by atoms with E-state index in [0.29, 0.717) is 11.8 Å². The lowest BCUT2D eigenvalue weighted by Crippen LogP contribution is -2.16. The third-order valence-electron chi connectivity index (χ3n) is 4.43. The van der Waals surface area contributed by atoms with E-state index >= 15 is 0 Å². The number of aromatic nitrogens is 3. The van der Waals surface area contributed by atoms with Crippen molar-refractivity contribution in [1.82, 2.24) is 14.8 Å². The molecule has 0 atom stereocenters. The zero-order valence-electron chi connectivity index (χ0n) is 17.5. The molecule has 1 N–H and O–H groups in total. The predicted molar refractivity (Wildman–Crippen MR) is 124 cm³/mol. The van der Waals surface area contributed by atoms with Gasteiger partial charge in [-0.1, -0.05) is 36.0 Å². The summed E-state index contributed by atoms with van der Waals surface area (Å²) in [5.74, 6) is 1.72. The van der Waals surface area contributed by atoms with Crippen LogP contribution < -0.4 is 10.1 Å². The van der Waals surface area contributed by atoms with Crippen molar-refractivity contribution in [2.24, 2.45) is 0 Å². The summed E-state index contributed by atoms with van der Waals surface area (Å²) in [6, 6.07) is 13.8. The second-order valence-corrected chi connectivity index (χ2v) is 9.03. The number of nitrogens with zero attached hydrogens (tertiary/aromatic N) is 3. The summed E-state index contributed by atoms with van der Waals surface area (Å²) in [4.78, 5) is 12.4. The van der Waals surface area contributed by atoms with Gasteiger partial charge >= 0.3 is 0 Å². The maximum Gasteiger partial charge on any atom is 0.234 e. The molecule has 0 fully saturated rings. The second-order valence-electron chi connectivity index (χ2n) is 7.24. The molecule has 0 saturated carbocycles. The summed E-state index contributed by atoms with van der Waals surface area (Å²) >= 11 is 4.80. The highest BCUT2D eigenvalue weighted by atomic mass is 79.9. The van der Waals surface area contributed by atoms with Crippen LogP contribution in [0.3, 0.4) is 0 Å². The van der Waals surface area contributed by atoms with E-state index in [-0.39, 0.29) is 17.7 Å². The maximum absolute atomic E-state index is 12.4. The first kappa shape index (κ1) is 22.4. The standard InChI is InChI=1S/C22H25BrN4O2S/c1-14(2)27-20(12-29-19-11-15(3)9-10-16(19)4)25-26-22(27)30-13-21(28)24-18-8-6-5-7-17(18)23/h5-11,14H,12-13H2,1-4H3,(H,24,28). The lowest BCUT2D eigenvalue weighted by Gasteiger charge is -2.15. The van der Waals surface area contributed by atoms with Crippen LogP contribution in [-0.4, -0.2) is 26.4 Å². The fourth-order valence-electron chi connectivity index (χ4n) is 2.91. The molecule has 30 heavy (non-hydrogen) atoms. The summed E-state index contributed by atoms with van der Waals surface area (Å²) < 4.78 is 8.87. The van der Waals surface area contributed by atoms with E-state index in [4.69, 9.17) is 4.74 Å². The third kappa shape index (κ3) is 5.64. The summed E-state index contributed by atoms with van der Waals surface area (Å²) in [6.07, 6.45) is 0. The van der Waals surface area contributed by atoms with Crippen molar-refractivity contribution in [3.63, 3.8) is 0 Å². The van der Waals surface area contributed by atoms with E-state index in [1.807, 2.05) is 54.8 Å². The van der Waals surface area contributed by atoms with Gasteiger partial charge < -0.3 is 14.6 Å². The number of hydrogen-bond donors (Lipinski definition) is 1. The molecule has 3 rings (SSSR count). The monoisotopic (exact) mass is 488 g/mol. The maximum atomic E-state index is 12.4. The van der Waals surface area contributed by atoms with E-state index in [1.54, 1.807) is 0 Å². The Morgan fingerprint density at radius 1 is 1.20 bits per heavy atom. The van der Waals surface area contributed by atoms with E-state index < -0.39 is 0 Å². The molecule has 0 bridgehead atoms. The average molecular weight is 489 g/mol. The van der Waals surface area contributed by atoms with Crippen LogP contribution in [0.15, 0.2) is 52.1 Å². The van der Waals surface area contributed by atoms with Crippen LogP contribution in [0, 0.1) is 13.8 Å². The number of aryl methyl sites for hydroxylation is 2. The molecular formula is C22H25BrN4O2S. The number of thioether (sulfide) groups is 1. The van der Waals surface area contributed by atoms with Crippen molar-refractivity contribution >= 4 is 39.3 Å². The number of hydrogen-bond acceptors (Lipinski definition) is 5. The van der Waals surface area contributed by atoms with Gasteiger partial charge in [-0.3, -0.25) is 4.79 Å². The van der Waals surface area contributed by atoms with Crippen LogP contribution in [0.5, 0.6) is 5.75 Å². The van der Waals surface area contributed by atoms with Crippen molar-refractivity contribution in [2.75, 3.05) is 11.1 Å². The van der Waals surface area contributed by atoms with Crippen molar-refractivity contribution in [3.05, 3.63) is 63.9 Å². The highest BCUT2D eigenvalue weighted by Crippen LogP contribution is 2.25. The van der Waals surface area contributed by atoms with Crippen LogP contribution in [0.1, 0.15) is 36.8 Å². The summed E-state index contributed by atoms with van der Waals surface area (Å²) in [6.45, 7) is 8.51. The van der Waals surface area contributed by atoms with Gasteiger partial charge in [-0.15, -0.1) is 10.2 Å². The van der Waals surface area contributed by atoms with Crippen molar-refractivity contribution in [1.29, 1.82) is 0 Å². The number of para-hydroxylation sites is 1. The number of carbonyl (C=O) groups excluding carboxylic acids is 1. The Hall–Kier alpha value is -2.32. The van der Waals surface area contributed by atoms with Crippen LogP contribution >= 0.6 is 27.7 Å². The van der Waals surface area contributed by atoms with Crippen LogP contribution in [0.2, 0.25) is 0 Å². The minimum Gasteiger partial charge on any atom is -0.485 e. The molecule has 8 heteroatoms. The van der Waals surface area contributed by atoms with E-state index in [9.17, 15) is 4.79 Å². The number of rotatable bonds is 8. The second kappa shape index (κ2) is 10.1. The summed E-state index contributed by atoms with van der Waals surface area (Å²) in [5, 5.41) is 12.2. The molecule has 3 aromatic rings. The molecule has 0 aliphatic rings. The Kier molecular flexibility index (Phi) is 7.55. The number of halogens is 1. The van der Waals surface area contributed by atoms with E-state index in [1.165, 1.54) is 11.8 Å². The Labute approximate surface area is 189 Å². The largest absolute Gasteiger partial charge is 0.485 e. The Balaban J connectivity index is 1.66. The molecule has 1 aromatic heterocycles. The minimum absolute atomic E-state index is 0.0987. The van der Waals surface area contributed by atoms with Crippen LogP contribution in [0.25, 0.3) is 0 Å². The van der Waals surface area contributed by atoms with Crippen molar-refractivity contribution < 1.29 is 9.53 Å². The number of amides is 1. The van der Waals surface area contributed by atoms with Crippen molar-refractivity contribution in [2.45, 2.75) is 45.5 Å². The van der Waals surface area contributed by atoms with E-state index in [0.717, 1.165) is 32.9 Å². The molecule has 6 nitrogen and oxygen atoms in total. The number of benzene rings is 2. The topological polar surface area (TPSA) is 69.0 Å². The van der Waals surface area contributed by atoms with Gasteiger partial charge in [0.1, 0.15) is 12.4 Å². The Morgan fingerprint density at radius 2 is 1.97 bits per heavy atom. The molecular weight excluding hydrogens is 464 g/mol. The first-order valence-corrected chi connectivity index (χ1v) is 11.4. The SMILES string of the molecule is Cc1ccc(C)c(OCc2nnc(SCC(=O)Nc3ccccc3Br)n2C(C)C)c1. The van der Waals surface area contributed by atoms with Gasteiger partial charge in [0.15, 0.2) is 11.0 Å². The van der Waals surface area contributed by atoms with Gasteiger partial charge in [-0.2, -0.15) is 0 Å². The van der Waals surface area contributed by atoms with Gasteiger partial charge in [-0.05, 0) is 73.0 Å². The number of ether oxygens (including phenoxy) is 1. The molecule has 0 saturated heterocycles. The quantitative estimate of drug-likeness (QED) is 0.421. The molecule has 1 amide bonds. The number of nitrogens with one attached hydrogen (secondary N) is 1. The van der Waals surface area contributed by atoms with Gasteiger partial charge in [0.2, 0.25) is 5.91 Å². The van der Waals surface area contributed by atoms with Gasteiger partial charge in [-0.25, -0.2) is 0 Å². The molecule has 158 valence electrons. The van der Waals surface area contributed by atoms with Crippen molar-refractivity contribution in [3.8, 4) is 5.75 Å². The third-order valence-corrected chi connectivity index (χ3v) is 6.07. The van der Waals surface area contributed by atoms with Crippen LogP contribution in [0.4, 0.5) is 5.69 Å². The lowest BCUT2D eigenvalue weighted by atomic mass is 10.1. The molecule has 0 unspecified atom stereocenters. The molecule has 2 aromatic carbocycles. The molecule has 0 aliphatic carbocycles. The first-order valence-electron chi connectivity index (χ1n) is 9.66. The predicted octanol–water partition coefficient (Wildman–Crippen LogP) is 5.55. The summed E-state index contributed by atoms with van der Waals surface area (Å²) in [7, 11) is 0.